The lowest BCUT2D eigenvalue weighted by molar-refractivity contribution is 0.0911. The number of carbonyl (C=O) groups excluding carboxylic acids is 1. The molecule has 1 aliphatic carbocycles. The summed E-state index contributed by atoms with van der Waals surface area (Å²) in [6, 6.07) is 4.19. The van der Waals surface area contributed by atoms with Crippen molar-refractivity contribution >= 4 is 38.1 Å². The standard InChI is InChI=1S/C26H34FN5O8S2/c1-28-42(37,38)29-22-7-5-6-17(24(22)27)14-20-21(16-31-10-12-32(13-11-31)41(4,35)36)19-9-8-18(39-26(34)30(2)3)15-23(19)40-25(20)33/h5-9,18,28-29H,10-16H2,1-4H3. The number of nitrogens with zero attached hydrogens (tertiary/aromatic N) is 3. The third-order valence-corrected chi connectivity index (χ3v) is 9.40. The Bertz CT molecular complexity index is 1650. The molecule has 4 rings (SSSR count). The predicted octanol–water partition coefficient (Wildman–Crippen LogP) is 0.959. The smallest absolute Gasteiger partial charge is 0.409 e. The van der Waals surface area contributed by atoms with E-state index in [1.165, 1.54) is 34.5 Å². The summed E-state index contributed by atoms with van der Waals surface area (Å²) in [5.41, 5.74) is 0.433. The average molecular weight is 628 g/mol. The van der Waals surface area contributed by atoms with Crippen LogP contribution in [0.3, 0.4) is 0 Å². The average Bonchev–Trinajstić information content (AvgIpc) is 2.92. The molecule has 0 spiro atoms. The zero-order chi connectivity index (χ0) is 30.8. The van der Waals surface area contributed by atoms with Crippen LogP contribution >= 0.6 is 0 Å². The summed E-state index contributed by atoms with van der Waals surface area (Å²) in [5, 5.41) is 0. The molecule has 1 saturated heterocycles. The van der Waals surface area contributed by atoms with Gasteiger partial charge in [0.2, 0.25) is 10.0 Å². The molecule has 42 heavy (non-hydrogen) atoms. The van der Waals surface area contributed by atoms with Gasteiger partial charge in [-0.3, -0.25) is 9.62 Å². The second-order valence-corrected chi connectivity index (χ2v) is 13.9. The molecular formula is C26H34FN5O8S2. The van der Waals surface area contributed by atoms with Crippen molar-refractivity contribution in [2.45, 2.75) is 25.5 Å². The first-order valence-electron chi connectivity index (χ1n) is 13.1. The quantitative estimate of drug-likeness (QED) is 0.413. The second-order valence-electron chi connectivity index (χ2n) is 10.3. The van der Waals surface area contributed by atoms with Crippen molar-refractivity contribution in [3.05, 3.63) is 68.5 Å². The van der Waals surface area contributed by atoms with E-state index in [-0.39, 0.29) is 49.3 Å². The fourth-order valence-corrected chi connectivity index (χ4v) is 6.16. The molecule has 0 saturated carbocycles. The number of rotatable bonds is 9. The summed E-state index contributed by atoms with van der Waals surface area (Å²) in [6.45, 7) is 1.62. The van der Waals surface area contributed by atoms with E-state index in [4.69, 9.17) is 9.15 Å². The monoisotopic (exact) mass is 627 g/mol. The first-order chi connectivity index (χ1) is 19.7. The minimum Gasteiger partial charge on any atom is -0.441 e. The van der Waals surface area contributed by atoms with Gasteiger partial charge >= 0.3 is 11.7 Å². The normalized spacial score (nSPS) is 18.0. The molecule has 2 heterocycles. The van der Waals surface area contributed by atoms with Crippen molar-refractivity contribution in [3.63, 3.8) is 0 Å². The topological polar surface area (TPSA) is 159 Å². The van der Waals surface area contributed by atoms with Crippen LogP contribution in [0.25, 0.3) is 6.08 Å². The molecule has 1 amide bonds. The van der Waals surface area contributed by atoms with Gasteiger partial charge in [0.1, 0.15) is 11.9 Å². The molecule has 230 valence electrons. The highest BCUT2D eigenvalue weighted by Crippen LogP contribution is 2.29. The van der Waals surface area contributed by atoms with E-state index in [9.17, 15) is 26.4 Å². The number of carbonyl (C=O) groups is 1. The van der Waals surface area contributed by atoms with Gasteiger partial charge < -0.3 is 14.1 Å². The van der Waals surface area contributed by atoms with Crippen LogP contribution in [0.2, 0.25) is 0 Å². The van der Waals surface area contributed by atoms with Crippen LogP contribution in [0.5, 0.6) is 0 Å². The van der Waals surface area contributed by atoms with Crippen molar-refractivity contribution < 1.29 is 35.2 Å². The van der Waals surface area contributed by atoms with Gasteiger partial charge in [-0.2, -0.15) is 12.7 Å². The van der Waals surface area contributed by atoms with E-state index >= 15 is 4.39 Å². The van der Waals surface area contributed by atoms with Gasteiger partial charge in [-0.1, -0.05) is 18.2 Å². The number of benzene rings is 1. The molecule has 1 fully saturated rings. The second kappa shape index (κ2) is 12.5. The largest absolute Gasteiger partial charge is 0.441 e. The van der Waals surface area contributed by atoms with Crippen molar-refractivity contribution in [2.24, 2.45) is 0 Å². The van der Waals surface area contributed by atoms with Crippen LogP contribution in [0.4, 0.5) is 14.9 Å². The van der Waals surface area contributed by atoms with Gasteiger partial charge in [0.05, 0.1) is 11.9 Å². The maximum absolute atomic E-state index is 15.5. The highest BCUT2D eigenvalue weighted by molar-refractivity contribution is 7.90. The molecule has 13 nitrogen and oxygen atoms in total. The third-order valence-electron chi connectivity index (χ3n) is 7.07. The maximum Gasteiger partial charge on any atom is 0.409 e. The van der Waals surface area contributed by atoms with Crippen molar-refractivity contribution in [1.82, 2.24) is 18.8 Å². The molecule has 16 heteroatoms. The fourth-order valence-electron chi connectivity index (χ4n) is 4.78. The van der Waals surface area contributed by atoms with Gasteiger partial charge in [0.15, 0.2) is 5.82 Å². The fraction of sp³-hybridized carbons (Fsp3) is 0.462. The number of nitrogens with one attached hydrogen (secondary N) is 2. The first kappa shape index (κ1) is 31.6. The lowest BCUT2D eigenvalue weighted by atomic mass is 9.91. The molecule has 2 aliphatic rings. The molecule has 0 radical (unpaired) electrons. The number of piperazine rings is 1. The number of hydrogen-bond donors (Lipinski definition) is 2. The molecular weight excluding hydrogens is 593 g/mol. The lowest BCUT2D eigenvalue weighted by Crippen LogP contribution is -2.48. The van der Waals surface area contributed by atoms with Crippen LogP contribution in [-0.2, 0) is 44.4 Å². The summed E-state index contributed by atoms with van der Waals surface area (Å²) in [6.07, 6.45) is 3.25. The number of hydrogen-bond acceptors (Lipinski definition) is 9. The molecule has 2 N–H and O–H groups in total. The minimum absolute atomic E-state index is 0.0688. The Morgan fingerprint density at radius 3 is 2.45 bits per heavy atom. The number of anilines is 1. The van der Waals surface area contributed by atoms with E-state index in [1.807, 2.05) is 4.90 Å². The SMILES string of the molecule is CNS(=O)(=O)Nc1cccc(Cc2c(CN3CCN(S(C)(=O)=O)CC3)c3c(oc2=O)CC(OC(=O)N(C)C)C=C3)c1F. The number of amides is 1. The van der Waals surface area contributed by atoms with E-state index < -0.39 is 43.9 Å². The Labute approximate surface area is 244 Å². The van der Waals surface area contributed by atoms with Crippen molar-refractivity contribution in [1.29, 1.82) is 0 Å². The summed E-state index contributed by atoms with van der Waals surface area (Å²) >= 11 is 0. The molecule has 1 aromatic carbocycles. The Hall–Kier alpha value is -3.31. The molecule has 1 atom stereocenters. The maximum atomic E-state index is 15.5. The van der Waals surface area contributed by atoms with Gasteiger partial charge in [-0.25, -0.2) is 27.1 Å². The van der Waals surface area contributed by atoms with Gasteiger partial charge in [-0.15, -0.1) is 0 Å². The Balaban J connectivity index is 1.71. The van der Waals surface area contributed by atoms with E-state index in [0.717, 1.165) is 6.26 Å². The van der Waals surface area contributed by atoms with Crippen LogP contribution in [0.1, 0.15) is 28.0 Å². The Morgan fingerprint density at radius 2 is 1.83 bits per heavy atom. The predicted molar refractivity (Wildman–Crippen MR) is 154 cm³/mol. The first-order valence-corrected chi connectivity index (χ1v) is 16.4. The summed E-state index contributed by atoms with van der Waals surface area (Å²) in [5.74, 6) is -0.532. The molecule has 0 bridgehead atoms. The zero-order valence-electron chi connectivity index (χ0n) is 23.7. The summed E-state index contributed by atoms with van der Waals surface area (Å²) in [7, 11) is -3.05. The molecule has 1 unspecified atom stereocenters. The van der Waals surface area contributed by atoms with Crippen LogP contribution in [0.15, 0.2) is 33.5 Å². The van der Waals surface area contributed by atoms with Crippen molar-refractivity contribution in [3.8, 4) is 0 Å². The molecule has 1 aliphatic heterocycles. The van der Waals surface area contributed by atoms with Gasteiger partial charge in [-0.05, 0) is 23.3 Å². The number of ether oxygens (including phenoxy) is 1. The molecule has 1 aromatic heterocycles. The minimum atomic E-state index is -3.99. The Morgan fingerprint density at radius 1 is 1.14 bits per heavy atom. The number of halogens is 1. The van der Waals surface area contributed by atoms with Crippen LogP contribution < -0.4 is 15.1 Å². The highest BCUT2D eigenvalue weighted by atomic mass is 32.2. The van der Waals surface area contributed by atoms with Crippen molar-refractivity contribution in [2.75, 3.05) is 58.3 Å². The third kappa shape index (κ3) is 7.36. The van der Waals surface area contributed by atoms with E-state index in [0.29, 0.717) is 30.0 Å². The lowest BCUT2D eigenvalue weighted by Gasteiger charge is -2.34. The summed E-state index contributed by atoms with van der Waals surface area (Å²) in [4.78, 5) is 28.8. The highest BCUT2D eigenvalue weighted by Gasteiger charge is 2.29. The Kier molecular flexibility index (Phi) is 9.42. The molecule has 2 aromatic rings. The summed E-state index contributed by atoms with van der Waals surface area (Å²) < 4.78 is 80.0. The zero-order valence-corrected chi connectivity index (χ0v) is 25.3. The van der Waals surface area contributed by atoms with Gasteiger partial charge in [0.25, 0.3) is 10.2 Å². The van der Waals surface area contributed by atoms with Crippen LogP contribution in [-0.4, -0.2) is 96.7 Å². The van der Waals surface area contributed by atoms with E-state index in [2.05, 4.69) is 9.44 Å². The van der Waals surface area contributed by atoms with E-state index in [1.54, 1.807) is 26.2 Å². The number of fused-ring (bicyclic) bond motifs is 1. The number of sulfonamides is 1. The van der Waals surface area contributed by atoms with Crippen LogP contribution in [0, 0.1) is 5.82 Å². The van der Waals surface area contributed by atoms with Gasteiger partial charge in [0, 0.05) is 77.8 Å².